The van der Waals surface area contributed by atoms with E-state index in [4.69, 9.17) is 22.1 Å². The van der Waals surface area contributed by atoms with Gasteiger partial charge in [-0.25, -0.2) is 4.79 Å². The van der Waals surface area contributed by atoms with Gasteiger partial charge < -0.3 is 10.0 Å². The Labute approximate surface area is 92.6 Å². The van der Waals surface area contributed by atoms with Crippen LogP contribution in [0.25, 0.3) is 0 Å². The van der Waals surface area contributed by atoms with Gasteiger partial charge in [-0.1, -0.05) is 12.1 Å². The lowest BCUT2D eigenvalue weighted by Gasteiger charge is -2.16. The summed E-state index contributed by atoms with van der Waals surface area (Å²) >= 11 is 5.57. The van der Waals surface area contributed by atoms with E-state index in [9.17, 15) is 4.79 Å². The molecule has 2 N–H and O–H groups in total. The van der Waals surface area contributed by atoms with Gasteiger partial charge in [0.25, 0.3) is 0 Å². The van der Waals surface area contributed by atoms with E-state index in [1.807, 2.05) is 0 Å². The van der Waals surface area contributed by atoms with Gasteiger partial charge in [0.05, 0.1) is 11.6 Å². The summed E-state index contributed by atoms with van der Waals surface area (Å²) in [6.07, 6.45) is 0. The largest absolute Gasteiger partial charge is 0.478 e. The normalized spacial score (nSPS) is 9.73. The highest BCUT2D eigenvalue weighted by molar-refractivity contribution is 6.19. The Morgan fingerprint density at radius 3 is 2.27 bits per heavy atom. The maximum atomic E-state index is 10.6. The molecule has 0 atom stereocenters. The maximum absolute atomic E-state index is 10.6. The molecule has 1 rings (SSSR count). The topological polar surface area (TPSA) is 64.4 Å². The van der Waals surface area contributed by atoms with Crippen molar-refractivity contribution in [2.45, 2.75) is 0 Å². The van der Waals surface area contributed by atoms with Crippen LogP contribution in [0.5, 0.6) is 0 Å². The van der Waals surface area contributed by atoms with Crippen LogP contribution in [0.4, 0.5) is 0 Å². The van der Waals surface area contributed by atoms with Gasteiger partial charge in [-0.05, 0) is 12.1 Å². The number of carboxylic acid groups (broad SMARTS) is 1. The summed E-state index contributed by atoms with van der Waals surface area (Å²) in [4.78, 5) is 12.1. The van der Waals surface area contributed by atoms with Gasteiger partial charge >= 0.3 is 5.97 Å². The lowest BCUT2D eigenvalue weighted by Crippen LogP contribution is -2.25. The van der Waals surface area contributed by atoms with E-state index in [1.165, 1.54) is 12.1 Å². The molecule has 0 bridgehead atoms. The number of alkyl halides is 1. The molecule has 5 heteroatoms. The van der Waals surface area contributed by atoms with E-state index >= 15 is 0 Å². The molecule has 0 unspecified atom stereocenters. The summed E-state index contributed by atoms with van der Waals surface area (Å²) in [5, 5.41) is 16.4. The molecule has 0 aliphatic heterocycles. The third-order valence-corrected chi connectivity index (χ3v) is 2.32. The standard InChI is InChI=1S/C10H11ClN2O2/c1-13(6-11)9(12)7-2-4-8(5-3-7)10(14)15/h2-5,12H,6H2,1H3,(H,14,15). The molecule has 0 aliphatic rings. The highest BCUT2D eigenvalue weighted by Crippen LogP contribution is 2.07. The van der Waals surface area contributed by atoms with E-state index in [2.05, 4.69) is 0 Å². The molecule has 4 nitrogen and oxygen atoms in total. The first-order valence-electron chi connectivity index (χ1n) is 4.25. The molecule has 80 valence electrons. The van der Waals surface area contributed by atoms with Crippen LogP contribution in [0.2, 0.25) is 0 Å². The molecular weight excluding hydrogens is 216 g/mol. The van der Waals surface area contributed by atoms with E-state index in [1.54, 1.807) is 24.1 Å². The average molecular weight is 227 g/mol. The van der Waals surface area contributed by atoms with Gasteiger partial charge in [0.15, 0.2) is 0 Å². The van der Waals surface area contributed by atoms with Crippen molar-refractivity contribution in [1.29, 1.82) is 5.41 Å². The van der Waals surface area contributed by atoms with Crippen LogP contribution in [0.1, 0.15) is 15.9 Å². The fourth-order valence-electron chi connectivity index (χ4n) is 1.05. The quantitative estimate of drug-likeness (QED) is 0.358. The van der Waals surface area contributed by atoms with E-state index in [-0.39, 0.29) is 17.4 Å². The van der Waals surface area contributed by atoms with Crippen molar-refractivity contribution < 1.29 is 9.90 Å². The summed E-state index contributed by atoms with van der Waals surface area (Å²) < 4.78 is 0. The number of hydrogen-bond acceptors (Lipinski definition) is 2. The summed E-state index contributed by atoms with van der Waals surface area (Å²) in [7, 11) is 1.69. The highest BCUT2D eigenvalue weighted by atomic mass is 35.5. The summed E-state index contributed by atoms with van der Waals surface area (Å²) in [5.74, 6) is -0.708. The second-order valence-electron chi connectivity index (χ2n) is 3.05. The predicted octanol–water partition coefficient (Wildman–Crippen LogP) is 1.84. The van der Waals surface area contributed by atoms with Gasteiger partial charge in [0, 0.05) is 12.6 Å². The van der Waals surface area contributed by atoms with Crippen molar-refractivity contribution in [2.75, 3.05) is 13.1 Å². The average Bonchev–Trinajstić information content (AvgIpc) is 2.27. The van der Waals surface area contributed by atoms with E-state index < -0.39 is 5.97 Å². The summed E-state index contributed by atoms with van der Waals surface area (Å²) in [6.45, 7) is 0. The summed E-state index contributed by atoms with van der Waals surface area (Å²) in [6, 6.07) is 6.34. The van der Waals surface area contributed by atoms with Crippen molar-refractivity contribution in [3.63, 3.8) is 0 Å². The minimum Gasteiger partial charge on any atom is -0.478 e. The molecule has 0 aromatic heterocycles. The fourth-order valence-corrected chi connectivity index (χ4v) is 1.17. The number of nitrogens with zero attached hydrogens (tertiary/aromatic N) is 1. The molecule has 0 saturated heterocycles. The van der Waals surface area contributed by atoms with Gasteiger partial charge in [0.2, 0.25) is 0 Å². The van der Waals surface area contributed by atoms with E-state index in [0.29, 0.717) is 5.56 Å². The van der Waals surface area contributed by atoms with Gasteiger partial charge in [0.1, 0.15) is 5.84 Å². The number of carboxylic acids is 1. The smallest absolute Gasteiger partial charge is 0.335 e. The van der Waals surface area contributed by atoms with Gasteiger partial charge in [-0.3, -0.25) is 5.41 Å². The second kappa shape index (κ2) is 4.79. The molecule has 15 heavy (non-hydrogen) atoms. The molecular formula is C10H11ClN2O2. The Kier molecular flexibility index (Phi) is 3.68. The third-order valence-electron chi connectivity index (χ3n) is 1.97. The Morgan fingerprint density at radius 2 is 1.87 bits per heavy atom. The van der Waals surface area contributed by atoms with E-state index in [0.717, 1.165) is 0 Å². The Hall–Kier alpha value is -1.55. The number of rotatable bonds is 3. The maximum Gasteiger partial charge on any atom is 0.335 e. The van der Waals surface area contributed by atoms with Crippen molar-refractivity contribution in [3.8, 4) is 0 Å². The summed E-state index contributed by atoms with van der Waals surface area (Å²) in [5.41, 5.74) is 0.850. The van der Waals surface area contributed by atoms with Gasteiger partial charge in [-0.15, -0.1) is 11.6 Å². The lowest BCUT2D eigenvalue weighted by atomic mass is 10.1. The van der Waals surface area contributed by atoms with Gasteiger partial charge in [-0.2, -0.15) is 0 Å². The molecule has 0 amide bonds. The highest BCUT2D eigenvalue weighted by Gasteiger charge is 2.07. The monoisotopic (exact) mass is 226 g/mol. The van der Waals surface area contributed by atoms with Crippen LogP contribution in [0.3, 0.4) is 0 Å². The fraction of sp³-hybridized carbons (Fsp3) is 0.200. The number of carbonyl (C=O) groups is 1. The first-order valence-corrected chi connectivity index (χ1v) is 4.79. The first kappa shape index (κ1) is 11.5. The molecule has 0 fully saturated rings. The Balaban J connectivity index is 2.89. The molecule has 0 radical (unpaired) electrons. The Bertz CT molecular complexity index is 376. The molecule has 0 spiro atoms. The second-order valence-corrected chi connectivity index (χ2v) is 3.29. The van der Waals surface area contributed by atoms with Crippen LogP contribution in [-0.4, -0.2) is 34.9 Å². The molecule has 0 saturated carbocycles. The number of amidine groups is 1. The number of nitrogens with one attached hydrogen (secondary N) is 1. The number of halogens is 1. The molecule has 0 heterocycles. The van der Waals surface area contributed by atoms with Crippen LogP contribution >= 0.6 is 11.6 Å². The van der Waals surface area contributed by atoms with Crippen molar-refractivity contribution >= 4 is 23.4 Å². The number of benzene rings is 1. The Morgan fingerprint density at radius 1 is 1.40 bits per heavy atom. The minimum absolute atomic E-state index is 0.208. The number of aromatic carboxylic acids is 1. The molecule has 0 aliphatic carbocycles. The zero-order valence-corrected chi connectivity index (χ0v) is 8.95. The predicted molar refractivity (Wildman–Crippen MR) is 58.7 cm³/mol. The zero-order valence-electron chi connectivity index (χ0n) is 8.20. The SMILES string of the molecule is CN(CCl)C(=N)c1ccc(C(=O)O)cc1. The van der Waals surface area contributed by atoms with Crippen LogP contribution in [0.15, 0.2) is 24.3 Å². The zero-order chi connectivity index (χ0) is 11.4. The minimum atomic E-state index is -0.973. The number of hydrogen-bond donors (Lipinski definition) is 2. The van der Waals surface area contributed by atoms with Crippen molar-refractivity contribution in [3.05, 3.63) is 35.4 Å². The molecule has 1 aromatic carbocycles. The van der Waals surface area contributed by atoms with Crippen molar-refractivity contribution in [2.24, 2.45) is 0 Å². The third kappa shape index (κ3) is 2.70. The first-order chi connectivity index (χ1) is 7.06. The van der Waals surface area contributed by atoms with Crippen LogP contribution < -0.4 is 0 Å². The van der Waals surface area contributed by atoms with Crippen LogP contribution in [-0.2, 0) is 0 Å². The lowest BCUT2D eigenvalue weighted by molar-refractivity contribution is 0.0697. The molecule has 1 aromatic rings. The van der Waals surface area contributed by atoms with Crippen LogP contribution in [0, 0.1) is 5.41 Å². The van der Waals surface area contributed by atoms with Crippen molar-refractivity contribution in [1.82, 2.24) is 4.90 Å².